The lowest BCUT2D eigenvalue weighted by Crippen LogP contribution is -2.78. The van der Waals surface area contributed by atoms with Crippen LogP contribution in [0.15, 0.2) is 54.1 Å². The summed E-state index contributed by atoms with van der Waals surface area (Å²) in [5.74, 6) is 1.58. The van der Waals surface area contributed by atoms with Crippen molar-refractivity contribution in [2.24, 2.45) is 5.92 Å². The monoisotopic (exact) mass is 512 g/mol. The summed E-state index contributed by atoms with van der Waals surface area (Å²) in [6, 6.07) is 14.0. The molecule has 38 heavy (non-hydrogen) atoms. The number of hydrogen-bond acceptors (Lipinski definition) is 5. The van der Waals surface area contributed by atoms with Gasteiger partial charge in [0.15, 0.2) is 11.5 Å². The second-order valence-electron chi connectivity index (χ2n) is 12.6. The van der Waals surface area contributed by atoms with Gasteiger partial charge in [0.1, 0.15) is 6.10 Å². The van der Waals surface area contributed by atoms with E-state index < -0.39 is 11.0 Å². The predicted octanol–water partition coefficient (Wildman–Crippen LogP) is 3.73. The maximum absolute atomic E-state index is 13.7. The van der Waals surface area contributed by atoms with E-state index in [1.807, 2.05) is 29.2 Å². The van der Waals surface area contributed by atoms with Crippen molar-refractivity contribution < 1.29 is 19.7 Å². The molecule has 1 amide bonds. The number of phenols is 1. The highest BCUT2D eigenvalue weighted by atomic mass is 16.5. The smallest absolute Gasteiger partial charge is 0.249 e. The van der Waals surface area contributed by atoms with Crippen LogP contribution >= 0.6 is 0 Å². The summed E-state index contributed by atoms with van der Waals surface area (Å²) in [6.45, 7) is 2.68. The number of piperidine rings is 1. The molecule has 2 N–H and O–H groups in total. The standard InChI is InChI=1S/C32H36N2O4/c35-25-11-10-23-18-26-32(37)14-12-24(34-16-13-22(30(34)36)9-8-20-4-2-1-3-5-20)29-31(32,27(23)28(25)38-29)15-17-33(26)19-21-6-7-21/h1-5,9-11,21,24,26,29,35,37H,6-8,12-19H2/b22-9+/t24-,26-,29+,31+,32-/m1/s1. The van der Waals surface area contributed by atoms with Crippen LogP contribution in [0.4, 0.5) is 0 Å². The van der Waals surface area contributed by atoms with Gasteiger partial charge in [0.25, 0.3) is 0 Å². The number of phenolic OH excluding ortho intramolecular Hbond substituents is 1. The Labute approximate surface area is 223 Å². The fourth-order valence-corrected chi connectivity index (χ4v) is 8.77. The van der Waals surface area contributed by atoms with Gasteiger partial charge in [0.2, 0.25) is 5.91 Å². The van der Waals surface area contributed by atoms with E-state index in [0.717, 1.165) is 62.2 Å². The van der Waals surface area contributed by atoms with Gasteiger partial charge in [-0.15, -0.1) is 0 Å². The fraction of sp³-hybridized carbons (Fsp3) is 0.531. The van der Waals surface area contributed by atoms with Crippen LogP contribution in [0.1, 0.15) is 55.2 Å². The highest BCUT2D eigenvalue weighted by Crippen LogP contribution is 2.66. The minimum Gasteiger partial charge on any atom is -0.504 e. The number of aliphatic hydroxyl groups is 1. The number of aromatic hydroxyl groups is 1. The van der Waals surface area contributed by atoms with Gasteiger partial charge in [-0.3, -0.25) is 9.69 Å². The molecule has 2 saturated carbocycles. The molecule has 1 spiro atoms. The van der Waals surface area contributed by atoms with Crippen LogP contribution in [0.5, 0.6) is 11.5 Å². The van der Waals surface area contributed by atoms with E-state index in [1.54, 1.807) is 6.07 Å². The Morgan fingerprint density at radius 3 is 2.71 bits per heavy atom. The van der Waals surface area contributed by atoms with Gasteiger partial charge in [-0.05, 0) is 81.0 Å². The molecule has 3 aliphatic carbocycles. The zero-order valence-electron chi connectivity index (χ0n) is 21.8. The van der Waals surface area contributed by atoms with Crippen molar-refractivity contribution in [1.29, 1.82) is 0 Å². The molecule has 198 valence electrons. The van der Waals surface area contributed by atoms with Crippen molar-refractivity contribution >= 4 is 5.91 Å². The lowest BCUT2D eigenvalue weighted by molar-refractivity contribution is -0.200. The van der Waals surface area contributed by atoms with Gasteiger partial charge in [-0.2, -0.15) is 0 Å². The molecular weight excluding hydrogens is 476 g/mol. The van der Waals surface area contributed by atoms with Crippen molar-refractivity contribution in [3.63, 3.8) is 0 Å². The second-order valence-corrected chi connectivity index (χ2v) is 12.6. The summed E-state index contributed by atoms with van der Waals surface area (Å²) < 4.78 is 6.70. The van der Waals surface area contributed by atoms with Crippen LogP contribution in [-0.4, -0.2) is 69.3 Å². The molecule has 2 bridgehead atoms. The molecule has 0 aromatic heterocycles. The number of rotatable bonds is 5. The van der Waals surface area contributed by atoms with Crippen LogP contribution in [0.25, 0.3) is 0 Å². The first-order chi connectivity index (χ1) is 18.5. The molecule has 6 aliphatic rings. The number of ether oxygens (including phenoxy) is 1. The quantitative estimate of drug-likeness (QED) is 0.598. The number of amides is 1. The first kappa shape index (κ1) is 23.1. The van der Waals surface area contributed by atoms with Crippen LogP contribution in [0, 0.1) is 5.92 Å². The van der Waals surface area contributed by atoms with E-state index >= 15 is 0 Å². The van der Waals surface area contributed by atoms with Crippen LogP contribution < -0.4 is 4.74 Å². The topological polar surface area (TPSA) is 73.2 Å². The van der Waals surface area contributed by atoms with Gasteiger partial charge < -0.3 is 19.8 Å². The molecule has 8 rings (SSSR count). The van der Waals surface area contributed by atoms with Crippen molar-refractivity contribution in [2.75, 3.05) is 19.6 Å². The van der Waals surface area contributed by atoms with E-state index in [0.29, 0.717) is 18.7 Å². The van der Waals surface area contributed by atoms with Crippen molar-refractivity contribution in [2.45, 2.75) is 80.6 Å². The number of allylic oxidation sites excluding steroid dienone is 1. The summed E-state index contributed by atoms with van der Waals surface area (Å²) in [5, 5.41) is 23.6. The minimum absolute atomic E-state index is 0.0579. The molecule has 6 nitrogen and oxygen atoms in total. The van der Waals surface area contributed by atoms with Crippen LogP contribution in [0.2, 0.25) is 0 Å². The molecule has 3 heterocycles. The average Bonchev–Trinajstić information content (AvgIpc) is 3.56. The molecule has 3 aliphatic heterocycles. The molecule has 0 unspecified atom stereocenters. The fourth-order valence-electron chi connectivity index (χ4n) is 8.77. The van der Waals surface area contributed by atoms with Gasteiger partial charge in [0, 0.05) is 30.3 Å². The lowest BCUT2D eigenvalue weighted by atomic mass is 9.48. The van der Waals surface area contributed by atoms with Crippen molar-refractivity contribution in [1.82, 2.24) is 9.80 Å². The SMILES string of the molecule is O=C1/C(=C/Cc2ccccc2)CCN1[C@@H]1CC[C@@]2(O)[C@H]3Cc4ccc(O)c5c4[C@@]2(CCN3CC2CC2)[C@H]1O5. The van der Waals surface area contributed by atoms with Gasteiger partial charge >= 0.3 is 0 Å². The molecule has 5 atom stereocenters. The molecular formula is C32H36N2O4. The third-order valence-electron chi connectivity index (χ3n) is 10.7. The van der Waals surface area contributed by atoms with E-state index in [2.05, 4.69) is 23.1 Å². The third-order valence-corrected chi connectivity index (χ3v) is 10.7. The second kappa shape index (κ2) is 8.09. The lowest BCUT2D eigenvalue weighted by Gasteiger charge is -2.64. The van der Waals surface area contributed by atoms with Gasteiger partial charge in [0.05, 0.1) is 17.1 Å². The zero-order chi connectivity index (χ0) is 25.6. The number of benzene rings is 2. The Bertz CT molecular complexity index is 1340. The van der Waals surface area contributed by atoms with Gasteiger partial charge in [-0.1, -0.05) is 42.5 Å². The normalized spacial score (nSPS) is 36.4. The first-order valence-electron chi connectivity index (χ1n) is 14.5. The maximum atomic E-state index is 13.7. The number of hydrogen-bond donors (Lipinski definition) is 2. The Balaban J connectivity index is 1.15. The average molecular weight is 513 g/mol. The zero-order valence-corrected chi connectivity index (χ0v) is 21.8. The molecule has 2 aromatic rings. The summed E-state index contributed by atoms with van der Waals surface area (Å²) in [5.41, 5.74) is 2.82. The number of carbonyl (C=O) groups excluding carboxylic acids is 1. The third kappa shape index (κ3) is 3.05. The largest absolute Gasteiger partial charge is 0.504 e. The molecule has 0 radical (unpaired) electrons. The number of carbonyl (C=O) groups is 1. The Morgan fingerprint density at radius 1 is 1.05 bits per heavy atom. The summed E-state index contributed by atoms with van der Waals surface area (Å²) >= 11 is 0. The van der Waals surface area contributed by atoms with E-state index in [4.69, 9.17) is 4.74 Å². The summed E-state index contributed by atoms with van der Waals surface area (Å²) in [6.07, 6.45) is 8.82. The van der Waals surface area contributed by atoms with E-state index in [-0.39, 0.29) is 29.8 Å². The maximum Gasteiger partial charge on any atom is 0.249 e. The molecule has 2 saturated heterocycles. The van der Waals surface area contributed by atoms with Crippen LogP contribution in [0.3, 0.4) is 0 Å². The molecule has 4 fully saturated rings. The number of likely N-dealkylation sites (tertiary alicyclic amines) is 2. The summed E-state index contributed by atoms with van der Waals surface area (Å²) in [7, 11) is 0. The Morgan fingerprint density at radius 2 is 1.89 bits per heavy atom. The first-order valence-corrected chi connectivity index (χ1v) is 14.5. The van der Waals surface area contributed by atoms with E-state index in [1.165, 1.54) is 24.0 Å². The van der Waals surface area contributed by atoms with Crippen molar-refractivity contribution in [3.8, 4) is 11.5 Å². The Hall–Kier alpha value is -2.83. The van der Waals surface area contributed by atoms with Crippen LogP contribution in [-0.2, 0) is 23.1 Å². The highest BCUT2D eigenvalue weighted by Gasteiger charge is 2.73. The Kier molecular flexibility index (Phi) is 4.92. The van der Waals surface area contributed by atoms with Crippen molar-refractivity contribution in [3.05, 3.63) is 70.8 Å². The minimum atomic E-state index is -0.915. The van der Waals surface area contributed by atoms with Gasteiger partial charge in [-0.25, -0.2) is 0 Å². The number of nitrogens with zero attached hydrogens (tertiary/aromatic N) is 2. The summed E-state index contributed by atoms with van der Waals surface area (Å²) in [4.78, 5) is 18.3. The highest BCUT2D eigenvalue weighted by molar-refractivity contribution is 5.96. The van der Waals surface area contributed by atoms with E-state index in [9.17, 15) is 15.0 Å². The molecule has 2 aromatic carbocycles. The predicted molar refractivity (Wildman–Crippen MR) is 143 cm³/mol. The molecule has 6 heteroatoms.